The lowest BCUT2D eigenvalue weighted by atomic mass is 9.94. The lowest BCUT2D eigenvalue weighted by molar-refractivity contribution is -0.196. The Hall–Kier alpha value is -1.24. The number of thioether (sulfide) groups is 1. The van der Waals surface area contributed by atoms with E-state index >= 15 is 0 Å². The van der Waals surface area contributed by atoms with Gasteiger partial charge in [-0.05, 0) is 57.7 Å². The fraction of sp³-hybridized carbons (Fsp3) is 0.850. The van der Waals surface area contributed by atoms with Crippen LogP contribution in [0.15, 0.2) is 6.20 Å². The minimum Gasteiger partial charge on any atom is -0.388 e. The third kappa shape index (κ3) is 6.62. The molecule has 2 aliphatic heterocycles. The van der Waals surface area contributed by atoms with Gasteiger partial charge in [0.2, 0.25) is 5.91 Å². The number of aromatic nitrogens is 3. The number of carbonyl (C=O) groups excluding carboxylic acids is 1. The quantitative estimate of drug-likeness (QED) is 0.346. The van der Waals surface area contributed by atoms with Crippen LogP contribution in [0.1, 0.15) is 37.8 Å². The minimum absolute atomic E-state index is 0.0831. The zero-order valence-electron chi connectivity index (χ0n) is 18.2. The molecule has 11 heteroatoms. The Labute approximate surface area is 187 Å². The Bertz CT molecular complexity index is 705. The van der Waals surface area contributed by atoms with E-state index in [1.807, 2.05) is 17.8 Å². The molecule has 0 spiro atoms. The van der Waals surface area contributed by atoms with Gasteiger partial charge in [-0.1, -0.05) is 5.21 Å². The van der Waals surface area contributed by atoms with Crippen LogP contribution in [0.5, 0.6) is 0 Å². The van der Waals surface area contributed by atoms with Crippen molar-refractivity contribution in [2.75, 3.05) is 19.3 Å². The first kappa shape index (κ1) is 24.4. The molecule has 7 unspecified atom stereocenters. The van der Waals surface area contributed by atoms with E-state index in [2.05, 4.69) is 20.9 Å². The predicted molar refractivity (Wildman–Crippen MR) is 116 cm³/mol. The summed E-state index contributed by atoms with van der Waals surface area (Å²) < 4.78 is 7.52. The summed E-state index contributed by atoms with van der Waals surface area (Å²) >= 11 is 1.26. The lowest BCUT2D eigenvalue weighted by Crippen LogP contribution is -2.59. The molecule has 3 heterocycles. The highest BCUT2D eigenvalue weighted by molar-refractivity contribution is 7.99. The van der Waals surface area contributed by atoms with E-state index < -0.39 is 29.9 Å². The first-order valence-electron chi connectivity index (χ1n) is 11.0. The third-order valence-corrected chi connectivity index (χ3v) is 7.01. The molecule has 0 bridgehead atoms. The summed E-state index contributed by atoms with van der Waals surface area (Å²) in [7, 11) is 0. The van der Waals surface area contributed by atoms with Gasteiger partial charge < -0.3 is 30.7 Å². The zero-order valence-corrected chi connectivity index (χ0v) is 19.0. The number of ether oxygens (including phenoxy) is 1. The van der Waals surface area contributed by atoms with Gasteiger partial charge in [0.05, 0.1) is 11.7 Å². The number of amides is 1. The summed E-state index contributed by atoms with van der Waals surface area (Å²) in [4.78, 5) is 12.7. The summed E-state index contributed by atoms with van der Waals surface area (Å²) in [6.07, 6.45) is 4.11. The van der Waals surface area contributed by atoms with E-state index in [0.29, 0.717) is 5.92 Å². The van der Waals surface area contributed by atoms with Gasteiger partial charge in [-0.15, -0.1) is 16.9 Å². The molecule has 0 radical (unpaired) electrons. The molecule has 0 aliphatic carbocycles. The van der Waals surface area contributed by atoms with Gasteiger partial charge in [-0.2, -0.15) is 0 Å². The van der Waals surface area contributed by atoms with Crippen LogP contribution in [0.2, 0.25) is 0 Å². The number of aliphatic hydroxyl groups excluding tert-OH is 3. The topological polar surface area (TPSA) is 142 Å². The van der Waals surface area contributed by atoms with Crippen molar-refractivity contribution in [3.05, 3.63) is 11.9 Å². The maximum absolute atomic E-state index is 12.7. The van der Waals surface area contributed by atoms with E-state index in [0.717, 1.165) is 50.9 Å². The number of aryl methyl sites for hydroxylation is 2. The van der Waals surface area contributed by atoms with Crippen molar-refractivity contribution in [1.29, 1.82) is 0 Å². The molecule has 31 heavy (non-hydrogen) atoms. The molecule has 2 aliphatic rings. The normalized spacial score (nSPS) is 34.3. The highest BCUT2D eigenvalue weighted by Crippen LogP contribution is 2.27. The molecule has 1 aromatic heterocycles. The number of nitrogens with zero attached hydrogens (tertiary/aromatic N) is 3. The van der Waals surface area contributed by atoms with Crippen molar-refractivity contribution >= 4 is 17.7 Å². The Morgan fingerprint density at radius 3 is 2.81 bits per heavy atom. The number of carbonyl (C=O) groups is 1. The van der Waals surface area contributed by atoms with Crippen molar-refractivity contribution < 1.29 is 24.9 Å². The second kappa shape index (κ2) is 11.6. The molecule has 1 aromatic rings. The van der Waals surface area contributed by atoms with E-state index in [9.17, 15) is 20.1 Å². The average molecular weight is 458 g/mol. The van der Waals surface area contributed by atoms with Crippen LogP contribution >= 0.6 is 11.8 Å². The highest BCUT2D eigenvalue weighted by atomic mass is 32.2. The molecule has 1 amide bonds. The van der Waals surface area contributed by atoms with Crippen LogP contribution in [0, 0.1) is 12.8 Å². The van der Waals surface area contributed by atoms with Gasteiger partial charge in [0.15, 0.2) is 0 Å². The molecule has 10 nitrogen and oxygen atoms in total. The summed E-state index contributed by atoms with van der Waals surface area (Å²) in [5.41, 5.74) is 0.284. The van der Waals surface area contributed by atoms with Crippen molar-refractivity contribution in [3.63, 3.8) is 0 Å². The highest BCUT2D eigenvalue weighted by Gasteiger charge is 2.43. The smallest absolute Gasteiger partial charge is 0.237 e. The molecular formula is C20H35N5O5S. The summed E-state index contributed by atoms with van der Waals surface area (Å²) in [6.45, 7) is 3.66. The van der Waals surface area contributed by atoms with Crippen LogP contribution in [0.25, 0.3) is 0 Å². The van der Waals surface area contributed by atoms with Crippen LogP contribution in [0.4, 0.5) is 0 Å². The predicted octanol–water partition coefficient (Wildman–Crippen LogP) is -0.588. The maximum atomic E-state index is 12.7. The first-order chi connectivity index (χ1) is 14.9. The Balaban J connectivity index is 1.40. The molecule has 0 aromatic carbocycles. The average Bonchev–Trinajstić information content (AvgIpc) is 3.03. The molecule has 5 N–H and O–H groups in total. The monoisotopic (exact) mass is 457 g/mol. The Morgan fingerprint density at radius 2 is 2.10 bits per heavy atom. The van der Waals surface area contributed by atoms with Crippen molar-refractivity contribution in [2.24, 2.45) is 5.92 Å². The Kier molecular flexibility index (Phi) is 9.11. The van der Waals surface area contributed by atoms with Crippen LogP contribution in [-0.2, 0) is 16.1 Å². The first-order valence-corrected chi connectivity index (χ1v) is 12.3. The minimum atomic E-state index is -1.30. The number of hydrogen-bond donors (Lipinski definition) is 5. The van der Waals surface area contributed by atoms with Gasteiger partial charge in [0.1, 0.15) is 29.9 Å². The van der Waals surface area contributed by atoms with Crippen molar-refractivity contribution in [1.82, 2.24) is 25.6 Å². The standard InChI is InChI=1S/C20H35N5O5S/c1-12-11-25(24-23-12)9-3-4-13-5-6-14(21-8-7-13)19(29)22-10-15-16(26)17(27)18(28)20(30-15)31-2/h11,13-18,20-21,26-28H,3-10H2,1-2H3,(H,22,29). The SMILES string of the molecule is CSC1OC(CNC(=O)C2CCC(CCCn3cc(C)nn3)CCN2)C(O)C(O)C1O. The van der Waals surface area contributed by atoms with Gasteiger partial charge in [-0.3, -0.25) is 9.48 Å². The summed E-state index contributed by atoms with van der Waals surface area (Å²) in [6, 6.07) is -0.282. The van der Waals surface area contributed by atoms with E-state index in [4.69, 9.17) is 4.74 Å². The molecule has 3 rings (SSSR count). The molecule has 2 saturated heterocycles. The van der Waals surface area contributed by atoms with Gasteiger partial charge in [0, 0.05) is 19.3 Å². The number of nitrogens with one attached hydrogen (secondary N) is 2. The van der Waals surface area contributed by atoms with Crippen LogP contribution in [0.3, 0.4) is 0 Å². The Morgan fingerprint density at radius 1 is 1.29 bits per heavy atom. The summed E-state index contributed by atoms with van der Waals surface area (Å²) in [5, 5.41) is 44.4. The molecular weight excluding hydrogens is 422 g/mol. The third-order valence-electron chi connectivity index (χ3n) is 6.15. The fourth-order valence-electron chi connectivity index (χ4n) is 4.27. The second-order valence-electron chi connectivity index (χ2n) is 8.50. The van der Waals surface area contributed by atoms with Crippen molar-refractivity contribution in [2.45, 2.75) is 81.5 Å². The zero-order chi connectivity index (χ0) is 22.4. The maximum Gasteiger partial charge on any atom is 0.237 e. The number of aliphatic hydroxyl groups is 3. The van der Waals surface area contributed by atoms with E-state index in [-0.39, 0.29) is 18.5 Å². The number of hydrogen-bond acceptors (Lipinski definition) is 9. The van der Waals surface area contributed by atoms with Crippen LogP contribution < -0.4 is 10.6 Å². The fourth-order valence-corrected chi connectivity index (χ4v) is 4.97. The molecule has 176 valence electrons. The van der Waals surface area contributed by atoms with E-state index in [1.165, 1.54) is 11.8 Å². The summed E-state index contributed by atoms with van der Waals surface area (Å²) in [5.74, 6) is 0.438. The van der Waals surface area contributed by atoms with E-state index in [1.54, 1.807) is 6.26 Å². The van der Waals surface area contributed by atoms with Gasteiger partial charge in [-0.25, -0.2) is 0 Å². The van der Waals surface area contributed by atoms with Gasteiger partial charge in [0.25, 0.3) is 0 Å². The van der Waals surface area contributed by atoms with Crippen molar-refractivity contribution in [3.8, 4) is 0 Å². The molecule has 7 atom stereocenters. The second-order valence-corrected chi connectivity index (χ2v) is 9.44. The number of rotatable bonds is 8. The molecule has 2 fully saturated rings. The lowest BCUT2D eigenvalue weighted by Gasteiger charge is -2.40. The van der Waals surface area contributed by atoms with Crippen LogP contribution in [-0.4, -0.2) is 91.5 Å². The molecule has 0 saturated carbocycles. The largest absolute Gasteiger partial charge is 0.388 e. The van der Waals surface area contributed by atoms with Gasteiger partial charge >= 0.3 is 0 Å².